The molecule has 4 nitrogen and oxygen atoms in total. The van der Waals surface area contributed by atoms with Crippen LogP contribution >= 0.6 is 11.3 Å². The van der Waals surface area contributed by atoms with Gasteiger partial charge in [0.2, 0.25) is 0 Å². The standard InChI is InChI=1S/C20H19NO3S/c1-3-17-18(20(22)23)25-19(21-17)15-7-9-16(10-8-15)24-12-14-6-4-5-13(2)11-14/h4-11H,3,12H2,1-2H3,(H,22,23). The van der Waals surface area contributed by atoms with Crippen LogP contribution in [0.3, 0.4) is 0 Å². The van der Waals surface area contributed by atoms with Crippen molar-refractivity contribution in [2.24, 2.45) is 0 Å². The third kappa shape index (κ3) is 4.06. The van der Waals surface area contributed by atoms with Crippen molar-refractivity contribution in [2.75, 3.05) is 0 Å². The Morgan fingerprint density at radius 2 is 1.96 bits per heavy atom. The van der Waals surface area contributed by atoms with Crippen LogP contribution in [-0.4, -0.2) is 16.1 Å². The van der Waals surface area contributed by atoms with E-state index in [-0.39, 0.29) is 0 Å². The predicted octanol–water partition coefficient (Wildman–Crippen LogP) is 4.96. The van der Waals surface area contributed by atoms with Crippen LogP contribution in [-0.2, 0) is 13.0 Å². The molecule has 3 rings (SSSR count). The van der Waals surface area contributed by atoms with Crippen LogP contribution in [0.25, 0.3) is 10.6 Å². The number of thiazole rings is 1. The van der Waals surface area contributed by atoms with Crippen LogP contribution < -0.4 is 4.74 Å². The van der Waals surface area contributed by atoms with Crippen molar-refractivity contribution in [3.05, 3.63) is 70.2 Å². The molecule has 0 aliphatic carbocycles. The Morgan fingerprint density at radius 3 is 2.56 bits per heavy atom. The number of aromatic nitrogens is 1. The third-order valence-electron chi connectivity index (χ3n) is 3.82. The van der Waals surface area contributed by atoms with Gasteiger partial charge in [0.1, 0.15) is 22.2 Å². The minimum absolute atomic E-state index is 0.317. The zero-order valence-electron chi connectivity index (χ0n) is 14.2. The Balaban J connectivity index is 1.73. The lowest BCUT2D eigenvalue weighted by Crippen LogP contribution is -1.97. The van der Waals surface area contributed by atoms with E-state index in [0.29, 0.717) is 23.6 Å². The maximum atomic E-state index is 11.3. The minimum Gasteiger partial charge on any atom is -0.489 e. The molecule has 0 atom stereocenters. The number of hydrogen-bond donors (Lipinski definition) is 1. The van der Waals surface area contributed by atoms with Crippen LogP contribution in [0.2, 0.25) is 0 Å². The molecule has 2 aromatic carbocycles. The largest absolute Gasteiger partial charge is 0.489 e. The van der Waals surface area contributed by atoms with Crippen LogP contribution in [0, 0.1) is 6.92 Å². The highest BCUT2D eigenvalue weighted by molar-refractivity contribution is 7.17. The fourth-order valence-corrected chi connectivity index (χ4v) is 3.54. The number of rotatable bonds is 6. The van der Waals surface area contributed by atoms with Crippen molar-refractivity contribution in [3.63, 3.8) is 0 Å². The number of aromatic carboxylic acids is 1. The summed E-state index contributed by atoms with van der Waals surface area (Å²) in [5.74, 6) is -0.144. The molecule has 0 bridgehead atoms. The molecule has 25 heavy (non-hydrogen) atoms. The first-order valence-corrected chi connectivity index (χ1v) is 8.90. The highest BCUT2D eigenvalue weighted by atomic mass is 32.1. The third-order valence-corrected chi connectivity index (χ3v) is 4.95. The van der Waals surface area contributed by atoms with Crippen LogP contribution in [0.15, 0.2) is 48.5 Å². The van der Waals surface area contributed by atoms with E-state index in [1.54, 1.807) is 0 Å². The van der Waals surface area contributed by atoms with Crippen LogP contribution in [0.5, 0.6) is 5.75 Å². The van der Waals surface area contributed by atoms with Gasteiger partial charge in [-0.1, -0.05) is 36.8 Å². The van der Waals surface area contributed by atoms with Gasteiger partial charge >= 0.3 is 5.97 Å². The SMILES string of the molecule is CCc1nc(-c2ccc(OCc3cccc(C)c3)cc2)sc1C(=O)O. The molecule has 5 heteroatoms. The van der Waals surface area contributed by atoms with Gasteiger partial charge in [0.15, 0.2) is 0 Å². The van der Waals surface area contributed by atoms with Crippen molar-refractivity contribution < 1.29 is 14.6 Å². The minimum atomic E-state index is -0.918. The van der Waals surface area contributed by atoms with Gasteiger partial charge in [0.05, 0.1) is 5.69 Å². The van der Waals surface area contributed by atoms with Crippen LogP contribution in [0.4, 0.5) is 0 Å². The lowest BCUT2D eigenvalue weighted by atomic mass is 10.1. The van der Waals surface area contributed by atoms with E-state index in [0.717, 1.165) is 21.9 Å². The number of benzene rings is 2. The molecule has 1 heterocycles. The normalized spacial score (nSPS) is 10.6. The Hall–Kier alpha value is -2.66. The summed E-state index contributed by atoms with van der Waals surface area (Å²) in [5, 5.41) is 9.97. The predicted molar refractivity (Wildman–Crippen MR) is 99.4 cm³/mol. The summed E-state index contributed by atoms with van der Waals surface area (Å²) < 4.78 is 5.82. The van der Waals surface area contributed by atoms with Crippen molar-refractivity contribution in [1.29, 1.82) is 0 Å². The van der Waals surface area contributed by atoms with E-state index in [1.165, 1.54) is 16.9 Å². The van der Waals surface area contributed by atoms with E-state index in [2.05, 4.69) is 24.0 Å². The van der Waals surface area contributed by atoms with E-state index >= 15 is 0 Å². The first-order chi connectivity index (χ1) is 12.1. The van der Waals surface area contributed by atoms with Gasteiger partial charge in [-0.2, -0.15) is 0 Å². The summed E-state index contributed by atoms with van der Waals surface area (Å²) in [5.41, 5.74) is 3.87. The lowest BCUT2D eigenvalue weighted by Gasteiger charge is -2.07. The first-order valence-electron chi connectivity index (χ1n) is 8.08. The van der Waals surface area contributed by atoms with E-state index in [1.807, 2.05) is 43.3 Å². The van der Waals surface area contributed by atoms with Crippen molar-refractivity contribution in [1.82, 2.24) is 4.98 Å². The number of ether oxygens (including phenoxy) is 1. The van der Waals surface area contributed by atoms with Gasteiger partial charge in [-0.15, -0.1) is 11.3 Å². The monoisotopic (exact) mass is 353 g/mol. The quantitative estimate of drug-likeness (QED) is 0.680. The second kappa shape index (κ2) is 7.49. The number of nitrogens with zero attached hydrogens (tertiary/aromatic N) is 1. The van der Waals surface area contributed by atoms with Crippen molar-refractivity contribution >= 4 is 17.3 Å². The summed E-state index contributed by atoms with van der Waals surface area (Å²) >= 11 is 1.21. The molecule has 128 valence electrons. The van der Waals surface area contributed by atoms with Gasteiger partial charge in [-0.3, -0.25) is 0 Å². The molecule has 1 N–H and O–H groups in total. The topological polar surface area (TPSA) is 59.4 Å². The zero-order valence-corrected chi connectivity index (χ0v) is 15.0. The van der Waals surface area contributed by atoms with Crippen molar-refractivity contribution in [3.8, 4) is 16.3 Å². The molecular weight excluding hydrogens is 334 g/mol. The molecule has 0 saturated carbocycles. The number of carbonyl (C=O) groups is 1. The summed E-state index contributed by atoms with van der Waals surface area (Å²) in [7, 11) is 0. The number of aryl methyl sites for hydroxylation is 2. The van der Waals surface area contributed by atoms with E-state index in [9.17, 15) is 9.90 Å². The molecule has 1 aromatic heterocycles. The molecule has 0 aliphatic rings. The summed E-state index contributed by atoms with van der Waals surface area (Å²) in [4.78, 5) is 16.0. The second-order valence-electron chi connectivity index (χ2n) is 5.76. The second-order valence-corrected chi connectivity index (χ2v) is 6.75. The number of carboxylic acid groups (broad SMARTS) is 1. The molecule has 0 amide bonds. The van der Waals surface area contributed by atoms with Gasteiger partial charge in [0.25, 0.3) is 0 Å². The average molecular weight is 353 g/mol. The van der Waals surface area contributed by atoms with Gasteiger partial charge in [-0.25, -0.2) is 9.78 Å². The molecule has 0 unspecified atom stereocenters. The van der Waals surface area contributed by atoms with E-state index < -0.39 is 5.97 Å². The molecule has 3 aromatic rings. The number of carboxylic acids is 1. The van der Waals surface area contributed by atoms with Gasteiger partial charge in [-0.05, 0) is 43.2 Å². The highest BCUT2D eigenvalue weighted by Crippen LogP contribution is 2.30. The van der Waals surface area contributed by atoms with Crippen molar-refractivity contribution in [2.45, 2.75) is 26.9 Å². The number of hydrogen-bond acceptors (Lipinski definition) is 4. The Labute approximate surface area is 150 Å². The Kier molecular flexibility index (Phi) is 5.14. The molecule has 0 spiro atoms. The average Bonchev–Trinajstić information content (AvgIpc) is 3.05. The molecular formula is C20H19NO3S. The van der Waals surface area contributed by atoms with E-state index in [4.69, 9.17) is 4.74 Å². The molecule has 0 fully saturated rings. The fraction of sp³-hybridized carbons (Fsp3) is 0.200. The molecule has 0 radical (unpaired) electrons. The summed E-state index contributed by atoms with van der Waals surface area (Å²) in [6.07, 6.45) is 0.607. The first kappa shape index (κ1) is 17.2. The maximum Gasteiger partial charge on any atom is 0.347 e. The maximum absolute atomic E-state index is 11.3. The smallest absolute Gasteiger partial charge is 0.347 e. The lowest BCUT2D eigenvalue weighted by molar-refractivity contribution is 0.0701. The molecule has 0 saturated heterocycles. The summed E-state index contributed by atoms with van der Waals surface area (Å²) in [6, 6.07) is 15.8. The zero-order chi connectivity index (χ0) is 17.8. The van der Waals surface area contributed by atoms with Gasteiger partial charge in [0, 0.05) is 5.56 Å². The molecule has 0 aliphatic heterocycles. The Bertz CT molecular complexity index is 884. The van der Waals surface area contributed by atoms with Crippen LogP contribution in [0.1, 0.15) is 33.4 Å². The fourth-order valence-electron chi connectivity index (χ4n) is 2.54. The van der Waals surface area contributed by atoms with Gasteiger partial charge < -0.3 is 9.84 Å². The summed E-state index contributed by atoms with van der Waals surface area (Å²) in [6.45, 7) is 4.48. The highest BCUT2D eigenvalue weighted by Gasteiger charge is 2.16. The Morgan fingerprint density at radius 1 is 1.20 bits per heavy atom.